The molecular weight excluding hydrogens is 304 g/mol. The Bertz CT molecular complexity index is 696. The Labute approximate surface area is 130 Å². The minimum Gasteiger partial charge on any atom is -0.325 e. The zero-order valence-electron chi connectivity index (χ0n) is 12.0. The Kier molecular flexibility index (Phi) is 3.65. The van der Waals surface area contributed by atoms with Gasteiger partial charge < -0.3 is 4.84 Å². The van der Waals surface area contributed by atoms with Gasteiger partial charge in [-0.25, -0.2) is 9.69 Å². The quantitative estimate of drug-likeness (QED) is 0.686. The van der Waals surface area contributed by atoms with Crippen molar-refractivity contribution in [3.05, 3.63) is 35.6 Å². The summed E-state index contributed by atoms with van der Waals surface area (Å²) in [4.78, 5) is 64.1. The molecule has 0 N–H and O–H groups in total. The number of imide groups is 2. The number of nitrogens with zero attached hydrogens (tertiary/aromatic N) is 2. The Morgan fingerprint density at radius 2 is 1.57 bits per heavy atom. The molecule has 2 aliphatic heterocycles. The van der Waals surface area contributed by atoms with E-state index in [0.29, 0.717) is 17.9 Å². The van der Waals surface area contributed by atoms with Crippen molar-refractivity contribution in [1.82, 2.24) is 9.96 Å². The van der Waals surface area contributed by atoms with E-state index in [-0.39, 0.29) is 24.1 Å². The summed E-state index contributed by atoms with van der Waals surface area (Å²) in [6, 6.07) is 0. The van der Waals surface area contributed by atoms with Gasteiger partial charge in [0, 0.05) is 36.3 Å². The fraction of sp³-hybridized carbons (Fsp3) is 0.267. The number of hydrogen-bond acceptors (Lipinski definition) is 6. The molecule has 0 radical (unpaired) electrons. The molecule has 0 atom stereocenters. The van der Waals surface area contributed by atoms with Crippen LogP contribution in [0.1, 0.15) is 25.7 Å². The van der Waals surface area contributed by atoms with Crippen LogP contribution in [0.4, 0.5) is 0 Å². The van der Waals surface area contributed by atoms with Gasteiger partial charge in [-0.15, -0.1) is 5.06 Å². The van der Waals surface area contributed by atoms with Crippen LogP contribution in [-0.2, 0) is 28.8 Å². The minimum atomic E-state index is -0.841. The summed E-state index contributed by atoms with van der Waals surface area (Å²) in [5.74, 6) is -2.95. The molecule has 0 aromatic carbocycles. The van der Waals surface area contributed by atoms with E-state index in [2.05, 4.69) is 0 Å². The summed E-state index contributed by atoms with van der Waals surface area (Å²) >= 11 is 0. The molecule has 0 aromatic heterocycles. The normalized spacial score (nSPS) is 21.0. The monoisotopic (exact) mass is 316 g/mol. The number of carbonyl (C=O) groups excluding carboxylic acids is 5. The summed E-state index contributed by atoms with van der Waals surface area (Å²) in [5.41, 5.74) is 0.463. The average Bonchev–Trinajstić information content (AvgIpc) is 3.03. The molecule has 4 amide bonds. The first-order valence-corrected chi connectivity index (χ1v) is 7.02. The second-order valence-corrected chi connectivity index (χ2v) is 5.14. The zero-order valence-corrected chi connectivity index (χ0v) is 12.0. The summed E-state index contributed by atoms with van der Waals surface area (Å²) in [6.45, 7) is 0. The van der Waals surface area contributed by atoms with Crippen LogP contribution in [0.5, 0.6) is 0 Å². The molecule has 3 rings (SSSR count). The lowest BCUT2D eigenvalue weighted by atomic mass is 10.0. The van der Waals surface area contributed by atoms with E-state index in [1.807, 2.05) is 0 Å². The van der Waals surface area contributed by atoms with E-state index in [9.17, 15) is 24.0 Å². The van der Waals surface area contributed by atoms with Crippen LogP contribution in [0.25, 0.3) is 0 Å². The van der Waals surface area contributed by atoms with Gasteiger partial charge in [0.2, 0.25) is 0 Å². The second kappa shape index (κ2) is 5.64. The van der Waals surface area contributed by atoms with E-state index in [0.717, 1.165) is 17.1 Å². The Hall–Kier alpha value is -3.03. The van der Waals surface area contributed by atoms with Gasteiger partial charge in [-0.1, -0.05) is 6.08 Å². The lowest BCUT2D eigenvalue weighted by molar-refractivity contribution is -0.194. The van der Waals surface area contributed by atoms with Crippen LogP contribution in [0.15, 0.2) is 35.6 Å². The lowest BCUT2D eigenvalue weighted by Crippen LogP contribution is -2.33. The molecule has 0 spiro atoms. The van der Waals surface area contributed by atoms with E-state index in [1.165, 1.54) is 6.08 Å². The van der Waals surface area contributed by atoms with E-state index in [1.54, 1.807) is 6.08 Å². The molecule has 1 saturated heterocycles. The molecule has 0 aromatic rings. The molecule has 23 heavy (non-hydrogen) atoms. The maximum atomic E-state index is 12.1. The predicted molar refractivity (Wildman–Crippen MR) is 73.6 cm³/mol. The maximum absolute atomic E-state index is 12.1. The minimum absolute atomic E-state index is 0.0127. The number of hydrogen-bond donors (Lipinski definition) is 0. The number of amides is 4. The molecule has 0 saturated carbocycles. The van der Waals surface area contributed by atoms with Crippen molar-refractivity contribution in [2.75, 3.05) is 0 Å². The van der Waals surface area contributed by atoms with Gasteiger partial charge in [-0.3, -0.25) is 19.2 Å². The van der Waals surface area contributed by atoms with Gasteiger partial charge in [-0.05, 0) is 18.9 Å². The molecular formula is C15H12N2O6. The maximum Gasteiger partial charge on any atom is 0.360 e. The molecule has 0 bridgehead atoms. The lowest BCUT2D eigenvalue weighted by Gasteiger charge is -2.20. The Morgan fingerprint density at radius 3 is 2.17 bits per heavy atom. The van der Waals surface area contributed by atoms with Crippen LogP contribution in [0.2, 0.25) is 0 Å². The van der Waals surface area contributed by atoms with Crippen LogP contribution in [0.3, 0.4) is 0 Å². The standard InChI is InChI=1S/C15H12N2O6/c18-11-4-5-12(19)16(11)10-3-1-2-9(8-10)15(22)23-17-13(20)6-7-14(17)21/h3-5,8H,1-2,6-7H2. The van der Waals surface area contributed by atoms with Gasteiger partial charge in [-0.2, -0.15) is 0 Å². The molecule has 8 heteroatoms. The Morgan fingerprint density at radius 1 is 0.957 bits per heavy atom. The zero-order chi connectivity index (χ0) is 16.6. The van der Waals surface area contributed by atoms with Crippen LogP contribution >= 0.6 is 0 Å². The molecule has 0 unspecified atom stereocenters. The van der Waals surface area contributed by atoms with Crippen LogP contribution < -0.4 is 0 Å². The van der Waals surface area contributed by atoms with Gasteiger partial charge in [0.1, 0.15) is 0 Å². The second-order valence-electron chi connectivity index (χ2n) is 5.14. The topological polar surface area (TPSA) is 101 Å². The smallest absolute Gasteiger partial charge is 0.325 e. The van der Waals surface area contributed by atoms with Crippen molar-refractivity contribution < 1.29 is 28.8 Å². The fourth-order valence-corrected chi connectivity index (χ4v) is 2.46. The number of carbonyl (C=O) groups is 5. The summed E-state index contributed by atoms with van der Waals surface area (Å²) < 4.78 is 0. The first-order valence-electron chi connectivity index (χ1n) is 7.02. The number of allylic oxidation sites excluding steroid dienone is 2. The van der Waals surface area contributed by atoms with Gasteiger partial charge >= 0.3 is 5.97 Å². The van der Waals surface area contributed by atoms with Crippen molar-refractivity contribution in [1.29, 1.82) is 0 Å². The first-order chi connectivity index (χ1) is 11.0. The highest BCUT2D eigenvalue weighted by molar-refractivity contribution is 6.14. The largest absolute Gasteiger partial charge is 0.360 e. The van der Waals surface area contributed by atoms with Gasteiger partial charge in [0.25, 0.3) is 23.6 Å². The third kappa shape index (κ3) is 2.70. The predicted octanol–water partition coefficient (Wildman–Crippen LogP) is 0.123. The van der Waals surface area contributed by atoms with Crippen molar-refractivity contribution in [3.8, 4) is 0 Å². The highest BCUT2D eigenvalue weighted by atomic mass is 16.7. The third-order valence-corrected chi connectivity index (χ3v) is 3.60. The molecule has 1 aliphatic carbocycles. The van der Waals surface area contributed by atoms with Crippen molar-refractivity contribution in [2.45, 2.75) is 25.7 Å². The molecule has 1 fully saturated rings. The number of hydroxylamine groups is 2. The third-order valence-electron chi connectivity index (χ3n) is 3.60. The van der Waals surface area contributed by atoms with E-state index in [4.69, 9.17) is 4.84 Å². The summed E-state index contributed by atoms with van der Waals surface area (Å²) in [7, 11) is 0. The van der Waals surface area contributed by atoms with Crippen LogP contribution in [0, 0.1) is 0 Å². The van der Waals surface area contributed by atoms with Crippen LogP contribution in [-0.4, -0.2) is 39.6 Å². The van der Waals surface area contributed by atoms with Gasteiger partial charge in [0.05, 0.1) is 0 Å². The number of rotatable bonds is 3. The van der Waals surface area contributed by atoms with Crippen molar-refractivity contribution in [3.63, 3.8) is 0 Å². The average molecular weight is 316 g/mol. The van der Waals surface area contributed by atoms with E-state index >= 15 is 0 Å². The van der Waals surface area contributed by atoms with Crippen molar-refractivity contribution in [2.24, 2.45) is 0 Å². The highest BCUT2D eigenvalue weighted by Crippen LogP contribution is 2.24. The summed E-state index contributed by atoms with van der Waals surface area (Å²) in [5, 5.41) is 0.467. The molecule has 118 valence electrons. The van der Waals surface area contributed by atoms with E-state index < -0.39 is 29.6 Å². The highest BCUT2D eigenvalue weighted by Gasteiger charge is 2.34. The fourth-order valence-electron chi connectivity index (χ4n) is 2.46. The molecule has 8 nitrogen and oxygen atoms in total. The van der Waals surface area contributed by atoms with Crippen molar-refractivity contribution >= 4 is 29.6 Å². The van der Waals surface area contributed by atoms with Gasteiger partial charge in [0.15, 0.2) is 0 Å². The molecule has 2 heterocycles. The Balaban J connectivity index is 1.75. The summed E-state index contributed by atoms with van der Waals surface area (Å²) in [6.07, 6.45) is 6.08. The molecule has 3 aliphatic rings. The SMILES string of the molecule is O=C(ON1C(=O)CCC1=O)C1=CC(N2C(=O)C=CC2=O)=CCC1. The first kappa shape index (κ1) is 14.9.